The lowest BCUT2D eigenvalue weighted by molar-refractivity contribution is -0.137. The van der Waals surface area contributed by atoms with E-state index in [4.69, 9.17) is 9.16 Å². The van der Waals surface area contributed by atoms with Gasteiger partial charge in [-0.2, -0.15) is 0 Å². The Balaban J connectivity index is 1.74. The molecule has 0 N–H and O–H groups in total. The summed E-state index contributed by atoms with van der Waals surface area (Å²) in [6.07, 6.45) is 2.98. The molecule has 0 aromatic heterocycles. The van der Waals surface area contributed by atoms with Crippen LogP contribution in [0.5, 0.6) is 0 Å². The summed E-state index contributed by atoms with van der Waals surface area (Å²) in [5.74, 6) is -0.515. The van der Waals surface area contributed by atoms with Gasteiger partial charge in [0.15, 0.2) is 13.9 Å². The second-order valence-electron chi connectivity index (χ2n) is 13.2. The summed E-state index contributed by atoms with van der Waals surface area (Å²) in [5.41, 5.74) is 1.93. The molecule has 4 rings (SSSR count). The van der Waals surface area contributed by atoms with Crippen molar-refractivity contribution in [2.45, 2.75) is 84.2 Å². The van der Waals surface area contributed by atoms with Crippen molar-refractivity contribution < 1.29 is 18.8 Å². The zero-order valence-corrected chi connectivity index (χ0v) is 25.9. The van der Waals surface area contributed by atoms with Gasteiger partial charge in [-0.1, -0.05) is 107 Å². The van der Waals surface area contributed by atoms with Gasteiger partial charge in [-0.3, -0.25) is 4.79 Å². The van der Waals surface area contributed by atoms with Gasteiger partial charge in [0.25, 0.3) is 0 Å². The van der Waals surface area contributed by atoms with Crippen molar-refractivity contribution in [2.24, 2.45) is 17.8 Å². The van der Waals surface area contributed by atoms with E-state index >= 15 is 0 Å². The molecule has 0 radical (unpaired) electrons. The molecule has 0 unspecified atom stereocenters. The summed E-state index contributed by atoms with van der Waals surface area (Å²) >= 11 is 0. The van der Waals surface area contributed by atoms with Crippen LogP contribution in [0.3, 0.4) is 0 Å². The molecule has 2 aliphatic rings. The Morgan fingerprint density at radius 1 is 1.05 bits per heavy atom. The van der Waals surface area contributed by atoms with Crippen LogP contribution in [0, 0.1) is 17.8 Å². The number of carbonyl (C=O) groups is 2. The van der Waals surface area contributed by atoms with Crippen LogP contribution in [-0.4, -0.2) is 37.9 Å². The van der Waals surface area contributed by atoms with Crippen LogP contribution >= 0.6 is 0 Å². The van der Waals surface area contributed by atoms with E-state index in [0.29, 0.717) is 13.0 Å². The monoisotopic (exact) mass is 547 g/mol. The van der Waals surface area contributed by atoms with Gasteiger partial charge in [-0.25, -0.2) is 9.69 Å². The normalized spacial score (nSPS) is 23.5. The summed E-state index contributed by atoms with van der Waals surface area (Å²) in [6, 6.07) is 19.2. The van der Waals surface area contributed by atoms with Crippen molar-refractivity contribution in [3.63, 3.8) is 0 Å². The maximum absolute atomic E-state index is 14.5. The Bertz CT molecular complexity index is 1160. The maximum Gasteiger partial charge on any atom is 0.418 e. The van der Waals surface area contributed by atoms with Gasteiger partial charge >= 0.3 is 6.09 Å². The van der Waals surface area contributed by atoms with Crippen molar-refractivity contribution in [1.82, 2.24) is 4.90 Å². The van der Waals surface area contributed by atoms with Crippen LogP contribution in [0.2, 0.25) is 18.1 Å². The van der Waals surface area contributed by atoms with Gasteiger partial charge in [0.1, 0.15) is 0 Å². The number of hydrogen-bond acceptors (Lipinski definition) is 4. The molecule has 1 aliphatic carbocycles. The molecule has 0 bridgehead atoms. The Morgan fingerprint density at radius 2 is 1.59 bits per heavy atom. The van der Waals surface area contributed by atoms with Crippen LogP contribution in [0.25, 0.3) is 0 Å². The highest BCUT2D eigenvalue weighted by Gasteiger charge is 2.60. The summed E-state index contributed by atoms with van der Waals surface area (Å²) in [6.45, 7) is 18.0. The fourth-order valence-electron chi connectivity index (χ4n) is 5.88. The van der Waals surface area contributed by atoms with Gasteiger partial charge in [-0.15, -0.1) is 0 Å². The first-order valence-electron chi connectivity index (χ1n) is 14.3. The highest BCUT2D eigenvalue weighted by atomic mass is 28.4. The molecule has 2 aromatic carbocycles. The Morgan fingerprint density at radius 3 is 2.08 bits per heavy atom. The number of imide groups is 1. The Kier molecular flexibility index (Phi) is 8.30. The molecule has 1 heterocycles. The smallest absolute Gasteiger partial charge is 0.418 e. The van der Waals surface area contributed by atoms with E-state index in [1.54, 1.807) is 0 Å². The zero-order chi connectivity index (χ0) is 28.6. The Labute approximate surface area is 235 Å². The van der Waals surface area contributed by atoms with Crippen LogP contribution in [0.1, 0.15) is 65.5 Å². The number of nitrogens with zero attached hydrogens (tertiary/aromatic N) is 1. The fraction of sp³-hybridized carbons (Fsp3) is 0.515. The third kappa shape index (κ3) is 5.51. The van der Waals surface area contributed by atoms with E-state index in [1.165, 1.54) is 10.5 Å². The number of cyclic esters (lactones) is 1. The first kappa shape index (κ1) is 29.3. The second kappa shape index (κ2) is 11.1. The number of allylic oxidation sites excluding steroid dienone is 2. The minimum absolute atomic E-state index is 0.0145. The predicted octanol–water partition coefficient (Wildman–Crippen LogP) is 7.93. The summed E-state index contributed by atoms with van der Waals surface area (Å²) in [4.78, 5) is 29.7. The molecule has 39 heavy (non-hydrogen) atoms. The molecule has 5 nitrogen and oxygen atoms in total. The van der Waals surface area contributed by atoms with Gasteiger partial charge < -0.3 is 9.16 Å². The lowest BCUT2D eigenvalue weighted by Crippen LogP contribution is -2.52. The molecular formula is C33H45NO4Si. The van der Waals surface area contributed by atoms with Crippen molar-refractivity contribution in [2.75, 3.05) is 6.61 Å². The zero-order valence-electron chi connectivity index (χ0n) is 24.9. The van der Waals surface area contributed by atoms with Gasteiger partial charge in [0, 0.05) is 23.7 Å². The lowest BCUT2D eigenvalue weighted by atomic mass is 9.74. The maximum atomic E-state index is 14.5. The summed E-state index contributed by atoms with van der Waals surface area (Å²) in [5, 5.41) is 0.0819. The molecule has 1 fully saturated rings. The molecule has 2 aromatic rings. The second-order valence-corrected chi connectivity index (χ2v) is 18.0. The number of ether oxygens (including phenoxy) is 1. The lowest BCUT2D eigenvalue weighted by Gasteiger charge is -2.41. The van der Waals surface area contributed by atoms with E-state index in [-0.39, 0.29) is 28.7 Å². The molecule has 210 valence electrons. The molecule has 6 heteroatoms. The summed E-state index contributed by atoms with van der Waals surface area (Å²) in [7, 11) is -2.00. The van der Waals surface area contributed by atoms with E-state index in [2.05, 4.69) is 60.7 Å². The number of hydrogen-bond donors (Lipinski definition) is 0. The van der Waals surface area contributed by atoms with Crippen LogP contribution in [-0.2, 0) is 19.6 Å². The van der Waals surface area contributed by atoms with Crippen LogP contribution in [0.15, 0.2) is 72.3 Å². The number of carbonyl (C=O) groups excluding carboxylic acids is 2. The number of amides is 2. The predicted molar refractivity (Wildman–Crippen MR) is 159 cm³/mol. The van der Waals surface area contributed by atoms with E-state index in [9.17, 15) is 9.59 Å². The average molecular weight is 548 g/mol. The number of benzene rings is 2. The SMILES string of the molecule is CC1=CC[C@@H](C(=O)N2C(=O)OC(c3ccccc3)(c3ccccc3)[C@H]2C(C)C)[C@H](CO[Si](C)(C)C(C)(C)C)C1. The highest BCUT2D eigenvalue weighted by Crippen LogP contribution is 2.48. The highest BCUT2D eigenvalue weighted by molar-refractivity contribution is 6.74. The molecule has 3 atom stereocenters. The minimum atomic E-state index is -2.00. The third-order valence-corrected chi connectivity index (χ3v) is 13.6. The van der Waals surface area contributed by atoms with E-state index < -0.39 is 26.1 Å². The Hall–Kier alpha value is -2.70. The largest absolute Gasteiger partial charge is 0.430 e. The van der Waals surface area contributed by atoms with Crippen molar-refractivity contribution >= 4 is 20.3 Å². The average Bonchev–Trinajstić information content (AvgIpc) is 3.22. The fourth-order valence-corrected chi connectivity index (χ4v) is 6.95. The van der Waals surface area contributed by atoms with E-state index in [0.717, 1.165) is 17.5 Å². The first-order chi connectivity index (χ1) is 18.3. The van der Waals surface area contributed by atoms with Crippen molar-refractivity contribution in [3.05, 3.63) is 83.4 Å². The van der Waals surface area contributed by atoms with E-state index in [1.807, 2.05) is 60.7 Å². The van der Waals surface area contributed by atoms with Crippen molar-refractivity contribution in [1.29, 1.82) is 0 Å². The standard InChI is InChI=1S/C33H45NO4Si/c1-23(2)29-33(26-15-11-9-12-16-26,27-17-13-10-14-18-27)38-31(36)34(29)30(35)28-20-19-24(3)21-25(28)22-37-39(7,8)32(4,5)6/h9-19,23,25,28-29H,20-22H2,1-8H3/t25-,28+,29+/m0/s1. The van der Waals surface area contributed by atoms with Gasteiger partial charge in [0.05, 0.1) is 6.04 Å². The van der Waals surface area contributed by atoms with Gasteiger partial charge in [-0.05, 0) is 49.7 Å². The summed E-state index contributed by atoms with van der Waals surface area (Å²) < 4.78 is 13.0. The van der Waals surface area contributed by atoms with Crippen LogP contribution in [0.4, 0.5) is 4.79 Å². The molecule has 2 amide bonds. The topological polar surface area (TPSA) is 55.8 Å². The number of rotatable bonds is 7. The van der Waals surface area contributed by atoms with Crippen LogP contribution < -0.4 is 0 Å². The van der Waals surface area contributed by atoms with Crippen molar-refractivity contribution in [3.8, 4) is 0 Å². The molecule has 0 spiro atoms. The third-order valence-electron chi connectivity index (χ3n) is 9.07. The molecule has 1 saturated heterocycles. The minimum Gasteiger partial charge on any atom is -0.430 e. The first-order valence-corrected chi connectivity index (χ1v) is 17.2. The molecule has 0 saturated carbocycles. The molecule has 1 aliphatic heterocycles. The quantitative estimate of drug-likeness (QED) is 0.261. The molecular weight excluding hydrogens is 502 g/mol. The van der Waals surface area contributed by atoms with Gasteiger partial charge in [0.2, 0.25) is 5.91 Å².